The van der Waals surface area contributed by atoms with Crippen LogP contribution < -0.4 is 15.0 Å². The van der Waals surface area contributed by atoms with Crippen LogP contribution in [0.25, 0.3) is 10.8 Å². The van der Waals surface area contributed by atoms with E-state index in [0.717, 1.165) is 4.47 Å². The molecule has 2 N–H and O–H groups in total. The number of fused-ring (bicyclic) bond motifs is 2. The van der Waals surface area contributed by atoms with Gasteiger partial charge < -0.3 is 24.1 Å². The lowest BCUT2D eigenvalue weighted by Crippen LogP contribution is -2.55. The number of hydrogen-bond acceptors (Lipinski definition) is 9. The van der Waals surface area contributed by atoms with Crippen molar-refractivity contribution in [2.24, 2.45) is 4.99 Å². The van der Waals surface area contributed by atoms with Crippen LogP contribution in [0.5, 0.6) is 17.4 Å². The zero-order valence-corrected chi connectivity index (χ0v) is 20.4. The Balaban J connectivity index is 1.59. The Morgan fingerprint density at radius 1 is 1.06 bits per heavy atom. The Hall–Kier alpha value is -3.86. The van der Waals surface area contributed by atoms with Gasteiger partial charge in [-0.3, -0.25) is 14.8 Å². The highest BCUT2D eigenvalue weighted by Crippen LogP contribution is 2.41. The maximum absolute atomic E-state index is 12.5. The first-order valence-corrected chi connectivity index (χ1v) is 11.5. The molecule has 3 aromatic rings. The average molecular weight is 545 g/mol. The van der Waals surface area contributed by atoms with Crippen molar-refractivity contribution in [3.05, 3.63) is 62.4 Å². The molecule has 4 rings (SSSR count). The minimum absolute atomic E-state index is 0.0197. The SMILES string of the molecule is CCOC(=O)C1(C(=O)OCC)Oc2ccc(CN=Cc3c(O)[nH]c(=O)c4ccc(Br)cc34)cc2O1. The van der Waals surface area contributed by atoms with Gasteiger partial charge in [-0.1, -0.05) is 22.0 Å². The molecule has 35 heavy (non-hydrogen) atoms. The number of carbonyl (C=O) groups excluding carboxylic acids is 2. The van der Waals surface area contributed by atoms with Gasteiger partial charge >= 0.3 is 17.7 Å². The number of H-pyrrole nitrogens is 1. The van der Waals surface area contributed by atoms with Crippen LogP contribution in [0.15, 0.2) is 50.7 Å². The van der Waals surface area contributed by atoms with Gasteiger partial charge in [0.2, 0.25) is 5.88 Å². The first-order valence-electron chi connectivity index (χ1n) is 10.7. The Morgan fingerprint density at radius 3 is 2.43 bits per heavy atom. The van der Waals surface area contributed by atoms with Gasteiger partial charge in [0, 0.05) is 21.5 Å². The molecule has 1 aromatic heterocycles. The van der Waals surface area contributed by atoms with Gasteiger partial charge in [-0.15, -0.1) is 0 Å². The second-order valence-electron chi connectivity index (χ2n) is 7.42. The van der Waals surface area contributed by atoms with Crippen molar-refractivity contribution in [1.82, 2.24) is 4.98 Å². The number of carbonyl (C=O) groups is 2. The third kappa shape index (κ3) is 4.59. The van der Waals surface area contributed by atoms with Crippen molar-refractivity contribution in [1.29, 1.82) is 0 Å². The van der Waals surface area contributed by atoms with Crippen LogP contribution in [-0.4, -0.2) is 47.2 Å². The number of aromatic amines is 1. The van der Waals surface area contributed by atoms with Crippen LogP contribution in [0.3, 0.4) is 0 Å². The van der Waals surface area contributed by atoms with E-state index in [2.05, 4.69) is 25.9 Å². The quantitative estimate of drug-likeness (QED) is 0.263. The fourth-order valence-electron chi connectivity index (χ4n) is 3.53. The highest BCUT2D eigenvalue weighted by atomic mass is 79.9. The predicted molar refractivity (Wildman–Crippen MR) is 129 cm³/mol. The zero-order valence-electron chi connectivity index (χ0n) is 18.8. The van der Waals surface area contributed by atoms with Crippen LogP contribution >= 0.6 is 15.9 Å². The third-order valence-electron chi connectivity index (χ3n) is 5.10. The lowest BCUT2D eigenvalue weighted by Gasteiger charge is -2.22. The summed E-state index contributed by atoms with van der Waals surface area (Å²) in [5.41, 5.74) is 0.608. The zero-order chi connectivity index (χ0) is 25.2. The summed E-state index contributed by atoms with van der Waals surface area (Å²) in [5.74, 6) is -4.37. The average Bonchev–Trinajstić information content (AvgIpc) is 3.21. The van der Waals surface area contributed by atoms with E-state index in [1.807, 2.05) is 0 Å². The Kier molecular flexibility index (Phi) is 6.79. The number of benzene rings is 2. The molecule has 0 bridgehead atoms. The lowest BCUT2D eigenvalue weighted by molar-refractivity contribution is -0.202. The number of nitrogens with zero attached hydrogens (tertiary/aromatic N) is 1. The highest BCUT2D eigenvalue weighted by Gasteiger charge is 2.59. The number of halogens is 1. The van der Waals surface area contributed by atoms with E-state index >= 15 is 0 Å². The second kappa shape index (κ2) is 9.79. The van der Waals surface area contributed by atoms with Crippen LogP contribution in [0.4, 0.5) is 0 Å². The molecule has 0 spiro atoms. The van der Waals surface area contributed by atoms with Crippen molar-refractivity contribution in [2.75, 3.05) is 13.2 Å². The molecule has 10 nitrogen and oxygen atoms in total. The predicted octanol–water partition coefficient (Wildman–Crippen LogP) is 3.21. The molecule has 11 heteroatoms. The van der Waals surface area contributed by atoms with E-state index in [1.165, 1.54) is 6.21 Å². The Bertz CT molecular complexity index is 1380. The summed E-state index contributed by atoms with van der Waals surface area (Å²) in [6.07, 6.45) is 1.45. The van der Waals surface area contributed by atoms with E-state index < -0.39 is 23.3 Å². The summed E-state index contributed by atoms with van der Waals surface area (Å²) in [4.78, 5) is 43.9. The van der Waals surface area contributed by atoms with Crippen molar-refractivity contribution in [3.63, 3.8) is 0 Å². The number of pyridine rings is 1. The van der Waals surface area contributed by atoms with Gasteiger partial charge in [-0.25, -0.2) is 9.59 Å². The van der Waals surface area contributed by atoms with Crippen LogP contribution in [0.1, 0.15) is 25.0 Å². The van der Waals surface area contributed by atoms with Gasteiger partial charge in [-0.2, -0.15) is 0 Å². The first kappa shape index (κ1) is 24.3. The standard InChI is InChI=1S/C24H21BrN2O8/c1-3-32-22(30)24(23(31)33-4-2)34-18-8-5-13(9-19(18)35-24)11-26-12-17-16-10-14(25)6-7-15(16)20(28)27-21(17)29/h5-10,12H,3-4,11H2,1-2H3,(H2,27,28,29). The van der Waals surface area contributed by atoms with Crippen molar-refractivity contribution in [2.45, 2.75) is 26.2 Å². The molecule has 0 amide bonds. The second-order valence-corrected chi connectivity index (χ2v) is 8.33. The molecule has 0 aliphatic carbocycles. The van der Waals surface area contributed by atoms with Gasteiger partial charge in [0.05, 0.1) is 25.3 Å². The maximum atomic E-state index is 12.5. The van der Waals surface area contributed by atoms with E-state index in [1.54, 1.807) is 50.2 Å². The molecule has 1 aliphatic heterocycles. The summed E-state index contributed by atoms with van der Waals surface area (Å²) in [6.45, 7) is 3.39. The van der Waals surface area contributed by atoms with Crippen LogP contribution in [-0.2, 0) is 25.6 Å². The van der Waals surface area contributed by atoms with Gasteiger partial charge in [-0.05, 0) is 49.7 Å². The number of aliphatic imine (C=N–C) groups is 1. The molecule has 0 saturated heterocycles. The fraction of sp³-hybridized carbons (Fsp3) is 0.250. The van der Waals surface area contributed by atoms with Crippen LogP contribution in [0, 0.1) is 0 Å². The molecular formula is C24H21BrN2O8. The van der Waals surface area contributed by atoms with Crippen LogP contribution in [0.2, 0.25) is 0 Å². The van der Waals surface area contributed by atoms with Gasteiger partial charge in [0.25, 0.3) is 5.56 Å². The van der Waals surface area contributed by atoms with Crippen molar-refractivity contribution in [3.8, 4) is 17.4 Å². The minimum atomic E-state index is -2.37. The van der Waals surface area contributed by atoms with Gasteiger partial charge in [0.15, 0.2) is 11.5 Å². The first-order chi connectivity index (χ1) is 16.8. The number of aromatic hydroxyl groups is 1. The third-order valence-corrected chi connectivity index (χ3v) is 5.59. The normalized spacial score (nSPS) is 13.8. The topological polar surface area (TPSA) is 137 Å². The smallest absolute Gasteiger partial charge is 0.453 e. The number of nitrogens with one attached hydrogen (secondary N) is 1. The molecule has 1 aliphatic rings. The molecular weight excluding hydrogens is 524 g/mol. The molecule has 0 atom stereocenters. The largest absolute Gasteiger partial charge is 0.494 e. The Morgan fingerprint density at radius 2 is 1.74 bits per heavy atom. The van der Waals surface area contributed by atoms with Gasteiger partial charge in [0.1, 0.15) is 0 Å². The molecule has 2 heterocycles. The van der Waals surface area contributed by atoms with Crippen molar-refractivity contribution < 1.29 is 33.6 Å². The fourth-order valence-corrected chi connectivity index (χ4v) is 3.89. The lowest BCUT2D eigenvalue weighted by atomic mass is 10.1. The molecule has 0 unspecified atom stereocenters. The molecule has 0 fully saturated rings. The summed E-state index contributed by atoms with van der Waals surface area (Å²) in [6, 6.07) is 9.91. The molecule has 0 saturated carbocycles. The number of rotatable bonds is 7. The minimum Gasteiger partial charge on any atom is -0.494 e. The van der Waals surface area contributed by atoms with E-state index in [4.69, 9.17) is 18.9 Å². The number of ether oxygens (including phenoxy) is 4. The molecule has 0 radical (unpaired) electrons. The summed E-state index contributed by atoms with van der Waals surface area (Å²) in [7, 11) is 0. The maximum Gasteiger partial charge on any atom is 0.453 e. The monoisotopic (exact) mass is 544 g/mol. The summed E-state index contributed by atoms with van der Waals surface area (Å²) in [5, 5.41) is 11.2. The molecule has 182 valence electrons. The van der Waals surface area contributed by atoms with Crippen molar-refractivity contribution >= 4 is 44.9 Å². The number of aromatic nitrogens is 1. The number of esters is 2. The Labute approximate surface area is 207 Å². The summed E-state index contributed by atoms with van der Waals surface area (Å²) >= 11 is 3.37. The van der Waals surface area contributed by atoms with E-state index in [0.29, 0.717) is 21.9 Å². The number of hydrogen-bond donors (Lipinski definition) is 2. The highest BCUT2D eigenvalue weighted by molar-refractivity contribution is 9.10. The van der Waals surface area contributed by atoms with E-state index in [9.17, 15) is 19.5 Å². The van der Waals surface area contributed by atoms with E-state index in [-0.39, 0.29) is 37.1 Å². The summed E-state index contributed by atoms with van der Waals surface area (Å²) < 4.78 is 21.9. The molecule has 2 aromatic carbocycles.